The number of carbonyl (C=O) groups is 2. The highest BCUT2D eigenvalue weighted by molar-refractivity contribution is 6.03. The van der Waals surface area contributed by atoms with E-state index in [1.165, 1.54) is 18.3 Å². The number of hydrogen-bond acceptors (Lipinski definition) is 5. The molecule has 1 heterocycles. The van der Waals surface area contributed by atoms with Gasteiger partial charge in [-0.2, -0.15) is 0 Å². The minimum absolute atomic E-state index is 0.222. The molecule has 28 heavy (non-hydrogen) atoms. The molecule has 0 atom stereocenters. The zero-order valence-electron chi connectivity index (χ0n) is 15.1. The van der Waals surface area contributed by atoms with E-state index in [0.717, 1.165) is 0 Å². The van der Waals surface area contributed by atoms with Gasteiger partial charge in [0.05, 0.1) is 24.1 Å². The van der Waals surface area contributed by atoms with Gasteiger partial charge in [-0.3, -0.25) is 4.79 Å². The average molecular weight is 379 g/mol. The first-order valence-electron chi connectivity index (χ1n) is 8.62. The molecule has 2 aromatic carbocycles. The highest BCUT2D eigenvalue weighted by Crippen LogP contribution is 2.17. The zero-order valence-corrected chi connectivity index (χ0v) is 15.1. The number of esters is 1. The fraction of sp³-hybridized carbons (Fsp3) is 0.0952. The number of benzene rings is 2. The number of carbonyl (C=O) groups excluding carboxylic acids is 2. The number of anilines is 3. The monoisotopic (exact) mass is 379 g/mol. The molecule has 1 aromatic heterocycles. The Hall–Kier alpha value is -3.74. The van der Waals surface area contributed by atoms with Crippen molar-refractivity contribution in [1.29, 1.82) is 0 Å². The summed E-state index contributed by atoms with van der Waals surface area (Å²) in [5.74, 6) is -1.15. The molecular weight excluding hydrogens is 361 g/mol. The number of halogens is 1. The van der Waals surface area contributed by atoms with Crippen molar-refractivity contribution < 1.29 is 18.7 Å². The number of nitrogens with zero attached hydrogens (tertiary/aromatic N) is 1. The first-order valence-corrected chi connectivity index (χ1v) is 8.62. The molecule has 0 fully saturated rings. The zero-order chi connectivity index (χ0) is 19.9. The molecule has 0 aliphatic heterocycles. The van der Waals surface area contributed by atoms with Crippen molar-refractivity contribution in [1.82, 2.24) is 4.98 Å². The summed E-state index contributed by atoms with van der Waals surface area (Å²) in [7, 11) is 0. The number of ether oxygens (including phenoxy) is 1. The Morgan fingerprint density at radius 1 is 1.00 bits per heavy atom. The van der Waals surface area contributed by atoms with Crippen molar-refractivity contribution in [3.05, 3.63) is 83.9 Å². The Morgan fingerprint density at radius 3 is 2.39 bits per heavy atom. The van der Waals surface area contributed by atoms with Gasteiger partial charge in [0.15, 0.2) is 0 Å². The van der Waals surface area contributed by atoms with Gasteiger partial charge in [0.25, 0.3) is 5.91 Å². The summed E-state index contributed by atoms with van der Waals surface area (Å²) >= 11 is 0. The van der Waals surface area contributed by atoms with E-state index in [2.05, 4.69) is 15.6 Å². The molecule has 1 amide bonds. The Kier molecular flexibility index (Phi) is 5.96. The van der Waals surface area contributed by atoms with E-state index >= 15 is 0 Å². The van der Waals surface area contributed by atoms with Crippen LogP contribution in [0.4, 0.5) is 21.5 Å². The first kappa shape index (κ1) is 19.0. The summed E-state index contributed by atoms with van der Waals surface area (Å²) < 4.78 is 18.1. The number of hydrogen-bond donors (Lipinski definition) is 2. The van der Waals surface area contributed by atoms with Gasteiger partial charge in [0.1, 0.15) is 11.5 Å². The second-order valence-corrected chi connectivity index (χ2v) is 5.82. The number of pyridine rings is 1. The lowest BCUT2D eigenvalue weighted by atomic mass is 10.2. The molecule has 142 valence electrons. The molecule has 6 nitrogen and oxygen atoms in total. The van der Waals surface area contributed by atoms with E-state index in [9.17, 15) is 14.0 Å². The highest BCUT2D eigenvalue weighted by Gasteiger charge is 2.10. The molecule has 0 radical (unpaired) electrons. The second-order valence-electron chi connectivity index (χ2n) is 5.82. The van der Waals surface area contributed by atoms with Crippen molar-refractivity contribution in [2.45, 2.75) is 6.92 Å². The summed E-state index contributed by atoms with van der Waals surface area (Å²) in [6.07, 6.45) is 1.49. The van der Waals surface area contributed by atoms with Crippen molar-refractivity contribution in [3.63, 3.8) is 0 Å². The summed E-state index contributed by atoms with van der Waals surface area (Å²) in [6, 6.07) is 15.7. The SMILES string of the molecule is CCOC(=O)c1ccc(NC(=O)c2ccc(Nc3cccc(F)c3)cn2)cc1. The van der Waals surface area contributed by atoms with Crippen LogP contribution in [0.25, 0.3) is 0 Å². The van der Waals surface area contributed by atoms with E-state index in [1.807, 2.05) is 0 Å². The molecule has 0 aliphatic carbocycles. The second kappa shape index (κ2) is 8.77. The highest BCUT2D eigenvalue weighted by atomic mass is 19.1. The van der Waals surface area contributed by atoms with E-state index in [-0.39, 0.29) is 17.4 Å². The van der Waals surface area contributed by atoms with Crippen LogP contribution in [0.1, 0.15) is 27.8 Å². The maximum absolute atomic E-state index is 13.2. The van der Waals surface area contributed by atoms with Crippen molar-refractivity contribution in [3.8, 4) is 0 Å². The van der Waals surface area contributed by atoms with Gasteiger partial charge in [-0.1, -0.05) is 6.07 Å². The summed E-state index contributed by atoms with van der Waals surface area (Å²) in [5.41, 5.74) is 2.37. The molecule has 0 spiro atoms. The predicted octanol–water partition coefficient (Wildman–Crippen LogP) is 4.39. The van der Waals surface area contributed by atoms with Gasteiger partial charge in [-0.05, 0) is 61.5 Å². The van der Waals surface area contributed by atoms with Crippen molar-refractivity contribution >= 4 is 28.9 Å². The predicted molar refractivity (Wildman–Crippen MR) is 104 cm³/mol. The van der Waals surface area contributed by atoms with E-state index < -0.39 is 5.97 Å². The molecule has 0 aliphatic rings. The van der Waals surface area contributed by atoms with Crippen LogP contribution in [-0.4, -0.2) is 23.5 Å². The number of nitrogens with one attached hydrogen (secondary N) is 2. The standard InChI is InChI=1S/C21H18FN3O3/c1-2-28-21(27)14-6-8-16(9-7-14)25-20(26)19-11-10-18(13-23-19)24-17-5-3-4-15(22)12-17/h3-13,24H,2H2,1H3,(H,25,26). The Morgan fingerprint density at radius 2 is 1.75 bits per heavy atom. The Balaban J connectivity index is 1.62. The molecule has 7 heteroatoms. The van der Waals surface area contributed by atoms with Crippen LogP contribution in [0.3, 0.4) is 0 Å². The molecule has 0 unspecified atom stereocenters. The van der Waals surface area contributed by atoms with Crippen LogP contribution in [0.2, 0.25) is 0 Å². The maximum Gasteiger partial charge on any atom is 0.338 e. The topological polar surface area (TPSA) is 80.3 Å². The van der Waals surface area contributed by atoms with E-state index in [0.29, 0.717) is 29.2 Å². The summed E-state index contributed by atoms with van der Waals surface area (Å²) in [5, 5.41) is 5.72. The average Bonchev–Trinajstić information content (AvgIpc) is 2.69. The van der Waals surface area contributed by atoms with Crippen molar-refractivity contribution in [2.75, 3.05) is 17.2 Å². The number of rotatable bonds is 6. The normalized spacial score (nSPS) is 10.2. The number of aromatic nitrogens is 1. The molecule has 0 bridgehead atoms. The van der Waals surface area contributed by atoms with Crippen LogP contribution >= 0.6 is 0 Å². The van der Waals surface area contributed by atoms with Crippen LogP contribution in [0, 0.1) is 5.82 Å². The minimum atomic E-state index is -0.413. The fourth-order valence-electron chi connectivity index (χ4n) is 2.43. The lowest BCUT2D eigenvalue weighted by molar-refractivity contribution is 0.0526. The fourth-order valence-corrected chi connectivity index (χ4v) is 2.43. The maximum atomic E-state index is 13.2. The van der Waals surface area contributed by atoms with Gasteiger partial charge < -0.3 is 15.4 Å². The van der Waals surface area contributed by atoms with Crippen molar-refractivity contribution in [2.24, 2.45) is 0 Å². The lowest BCUT2D eigenvalue weighted by Gasteiger charge is -2.08. The lowest BCUT2D eigenvalue weighted by Crippen LogP contribution is -2.14. The molecule has 3 aromatic rings. The smallest absolute Gasteiger partial charge is 0.338 e. The Bertz CT molecular complexity index is 973. The van der Waals surface area contributed by atoms with Crippen LogP contribution < -0.4 is 10.6 Å². The summed E-state index contributed by atoms with van der Waals surface area (Å²) in [4.78, 5) is 28.1. The van der Waals surface area contributed by atoms with Gasteiger partial charge in [0.2, 0.25) is 0 Å². The van der Waals surface area contributed by atoms with Crippen LogP contribution in [-0.2, 0) is 4.74 Å². The third-order valence-corrected chi connectivity index (χ3v) is 3.76. The van der Waals surface area contributed by atoms with Gasteiger partial charge in [-0.25, -0.2) is 14.2 Å². The van der Waals surface area contributed by atoms with Gasteiger partial charge in [-0.15, -0.1) is 0 Å². The quantitative estimate of drug-likeness (QED) is 0.621. The summed E-state index contributed by atoms with van der Waals surface area (Å²) in [6.45, 7) is 2.03. The third-order valence-electron chi connectivity index (χ3n) is 3.76. The molecule has 2 N–H and O–H groups in total. The van der Waals surface area contributed by atoms with Crippen LogP contribution in [0.15, 0.2) is 66.9 Å². The van der Waals surface area contributed by atoms with Gasteiger partial charge in [0, 0.05) is 11.4 Å². The molecular formula is C21H18FN3O3. The number of amides is 1. The van der Waals surface area contributed by atoms with E-state index in [4.69, 9.17) is 4.74 Å². The first-order chi connectivity index (χ1) is 13.5. The minimum Gasteiger partial charge on any atom is -0.462 e. The molecule has 0 saturated heterocycles. The Labute approximate surface area is 161 Å². The molecule has 3 rings (SSSR count). The largest absolute Gasteiger partial charge is 0.462 e. The third kappa shape index (κ3) is 4.91. The van der Waals surface area contributed by atoms with Crippen LogP contribution in [0.5, 0.6) is 0 Å². The molecule has 0 saturated carbocycles. The van der Waals surface area contributed by atoms with E-state index in [1.54, 1.807) is 55.5 Å². The van der Waals surface area contributed by atoms with Gasteiger partial charge >= 0.3 is 5.97 Å².